The van der Waals surface area contributed by atoms with Crippen molar-refractivity contribution in [2.24, 2.45) is 0 Å². The number of piperidine rings is 1. The van der Waals surface area contributed by atoms with Crippen LogP contribution in [-0.2, 0) is 14.6 Å². The Morgan fingerprint density at radius 3 is 2.48 bits per heavy atom. The lowest BCUT2D eigenvalue weighted by Crippen LogP contribution is -2.44. The van der Waals surface area contributed by atoms with Crippen LogP contribution < -0.4 is 4.74 Å². The number of hydrogen-bond acceptors (Lipinski definition) is 7. The number of nitriles is 1. The van der Waals surface area contributed by atoms with E-state index in [0.29, 0.717) is 63.9 Å². The highest BCUT2D eigenvalue weighted by Crippen LogP contribution is 2.40. The predicted octanol–water partition coefficient (Wildman–Crippen LogP) is 6.78. The molecular formula is C31H31BrN4O5S. The summed E-state index contributed by atoms with van der Waals surface area (Å²) in [5.74, 6) is 0.434. The maximum Gasteiger partial charge on any atom is 0.410 e. The molecule has 2 aromatic heterocycles. The number of aryl methyl sites for hydroxylation is 1. The Morgan fingerprint density at radius 2 is 1.83 bits per heavy atom. The number of pyridine rings is 1. The molecule has 1 N–H and O–H groups in total. The third kappa shape index (κ3) is 6.01. The first-order valence-electron chi connectivity index (χ1n) is 13.5. The van der Waals surface area contributed by atoms with Crippen LogP contribution in [0.2, 0.25) is 0 Å². The topological polar surface area (TPSA) is 125 Å². The van der Waals surface area contributed by atoms with Gasteiger partial charge in [0.15, 0.2) is 0 Å². The number of carbonyl (C=O) groups is 1. The average molecular weight is 652 g/mol. The Bertz CT molecular complexity index is 1800. The van der Waals surface area contributed by atoms with Crippen LogP contribution in [0.4, 0.5) is 4.79 Å². The molecule has 1 aliphatic rings. The highest BCUT2D eigenvalue weighted by Gasteiger charge is 2.29. The van der Waals surface area contributed by atoms with Crippen molar-refractivity contribution in [3.05, 3.63) is 70.5 Å². The molecule has 3 heterocycles. The third-order valence-corrected chi connectivity index (χ3v) is 9.73. The molecule has 42 heavy (non-hydrogen) atoms. The Kier molecular flexibility index (Phi) is 8.05. The number of benzene rings is 2. The third-order valence-electron chi connectivity index (χ3n) is 7.01. The number of carbonyl (C=O) groups excluding carboxylic acids is 1. The minimum atomic E-state index is -3.91. The van der Waals surface area contributed by atoms with Crippen LogP contribution >= 0.6 is 15.9 Å². The molecule has 5 rings (SSSR count). The Labute approximate surface area is 253 Å². The summed E-state index contributed by atoms with van der Waals surface area (Å²) in [6, 6.07) is 14.1. The smallest absolute Gasteiger partial charge is 0.410 e. The molecule has 0 spiro atoms. The molecule has 9 nitrogen and oxygen atoms in total. The fourth-order valence-corrected chi connectivity index (χ4v) is 7.37. The van der Waals surface area contributed by atoms with E-state index >= 15 is 0 Å². The maximum atomic E-state index is 13.8. The molecule has 0 unspecified atom stereocenters. The van der Waals surface area contributed by atoms with Crippen LogP contribution in [0.1, 0.15) is 44.7 Å². The van der Waals surface area contributed by atoms with Gasteiger partial charge in [0.1, 0.15) is 29.2 Å². The standard InChI is InChI=1S/C31H31BrN4O5S/c1-19-5-8-23(9-6-19)42(38,39)28-25(32)18-35-29-27(28)24(17-34-29)20-7-10-26(21(15-20)16-33)40-22-11-13-36(14-12-22)30(37)41-31(2,3)4/h5-10,15,17-18,22H,11-14H2,1-4H3,(H,34,35). The maximum absolute atomic E-state index is 13.8. The van der Waals surface area contributed by atoms with Crippen LogP contribution in [0.25, 0.3) is 22.2 Å². The lowest BCUT2D eigenvalue weighted by atomic mass is 10.0. The Balaban J connectivity index is 1.43. The van der Waals surface area contributed by atoms with E-state index in [0.717, 1.165) is 5.56 Å². The van der Waals surface area contributed by atoms with Crippen molar-refractivity contribution >= 4 is 42.9 Å². The van der Waals surface area contributed by atoms with Crippen molar-refractivity contribution < 1.29 is 22.7 Å². The van der Waals surface area contributed by atoms with Gasteiger partial charge in [-0.25, -0.2) is 18.2 Å². The summed E-state index contributed by atoms with van der Waals surface area (Å²) < 4.78 is 39.7. The first kappa shape index (κ1) is 29.6. The fourth-order valence-electron chi connectivity index (χ4n) is 4.92. The number of nitrogens with zero attached hydrogens (tertiary/aromatic N) is 3. The van der Waals surface area contributed by atoms with Crippen molar-refractivity contribution in [3.63, 3.8) is 0 Å². The molecule has 1 fully saturated rings. The van der Waals surface area contributed by atoms with Gasteiger partial charge in [-0.05, 0) is 73.5 Å². The summed E-state index contributed by atoms with van der Waals surface area (Å²) in [7, 11) is -3.91. The monoisotopic (exact) mass is 650 g/mol. The highest BCUT2D eigenvalue weighted by atomic mass is 79.9. The van der Waals surface area contributed by atoms with Gasteiger partial charge in [-0.15, -0.1) is 0 Å². The second-order valence-electron chi connectivity index (χ2n) is 11.3. The number of amides is 1. The van der Waals surface area contributed by atoms with Crippen LogP contribution in [0.3, 0.4) is 0 Å². The minimum absolute atomic E-state index is 0.100. The molecule has 0 saturated carbocycles. The fraction of sp³-hybridized carbons (Fsp3) is 0.323. The number of ether oxygens (including phenoxy) is 2. The van der Waals surface area contributed by atoms with Gasteiger partial charge in [0.05, 0.1) is 19.8 Å². The zero-order chi connectivity index (χ0) is 30.2. The van der Waals surface area contributed by atoms with E-state index in [1.165, 1.54) is 6.20 Å². The van der Waals surface area contributed by atoms with Crippen molar-refractivity contribution in [2.75, 3.05) is 13.1 Å². The molecule has 1 saturated heterocycles. The van der Waals surface area contributed by atoms with Crippen LogP contribution in [0.5, 0.6) is 5.75 Å². The summed E-state index contributed by atoms with van der Waals surface area (Å²) in [6.45, 7) is 8.40. The summed E-state index contributed by atoms with van der Waals surface area (Å²) in [5, 5.41) is 10.4. The molecule has 0 atom stereocenters. The summed E-state index contributed by atoms with van der Waals surface area (Å²) in [4.78, 5) is 21.8. The number of halogens is 1. The van der Waals surface area contributed by atoms with Crippen LogP contribution in [0.15, 0.2) is 69.1 Å². The van der Waals surface area contributed by atoms with Gasteiger partial charge in [-0.3, -0.25) is 0 Å². The Morgan fingerprint density at radius 1 is 1.14 bits per heavy atom. The normalized spacial score (nSPS) is 14.5. The van der Waals surface area contributed by atoms with E-state index < -0.39 is 15.4 Å². The molecule has 2 aromatic carbocycles. The number of aromatic amines is 1. The Hall–Kier alpha value is -3.88. The number of H-pyrrole nitrogens is 1. The lowest BCUT2D eigenvalue weighted by Gasteiger charge is -2.33. The van der Waals surface area contributed by atoms with Gasteiger partial charge in [0, 0.05) is 49.3 Å². The van der Waals surface area contributed by atoms with E-state index in [-0.39, 0.29) is 22.0 Å². The van der Waals surface area contributed by atoms with Crippen LogP contribution in [-0.4, -0.2) is 54.2 Å². The molecule has 0 aliphatic carbocycles. The number of fused-ring (bicyclic) bond motifs is 1. The van der Waals surface area contributed by atoms with Crippen molar-refractivity contribution in [1.29, 1.82) is 5.26 Å². The molecule has 0 radical (unpaired) electrons. The lowest BCUT2D eigenvalue weighted by molar-refractivity contribution is 0.0126. The summed E-state index contributed by atoms with van der Waals surface area (Å²) in [6.07, 6.45) is 3.87. The predicted molar refractivity (Wildman–Crippen MR) is 162 cm³/mol. The first-order chi connectivity index (χ1) is 19.9. The number of likely N-dealkylation sites (tertiary alicyclic amines) is 1. The van der Waals surface area contributed by atoms with E-state index in [4.69, 9.17) is 9.47 Å². The van der Waals surface area contributed by atoms with Crippen molar-refractivity contribution in [3.8, 4) is 22.9 Å². The van der Waals surface area contributed by atoms with Gasteiger partial charge < -0.3 is 19.4 Å². The largest absolute Gasteiger partial charge is 0.489 e. The second-order valence-corrected chi connectivity index (χ2v) is 14.0. The zero-order valence-corrected chi connectivity index (χ0v) is 26.2. The highest BCUT2D eigenvalue weighted by molar-refractivity contribution is 9.10. The summed E-state index contributed by atoms with van der Waals surface area (Å²) >= 11 is 3.42. The van der Waals surface area contributed by atoms with Gasteiger partial charge in [0.25, 0.3) is 0 Å². The van der Waals surface area contributed by atoms with Gasteiger partial charge in [-0.1, -0.05) is 23.8 Å². The number of aromatic nitrogens is 2. The number of hydrogen-bond donors (Lipinski definition) is 1. The van der Waals surface area contributed by atoms with E-state index in [2.05, 4.69) is 32.0 Å². The molecule has 0 bridgehead atoms. The molecule has 11 heteroatoms. The van der Waals surface area contributed by atoms with Crippen molar-refractivity contribution in [1.82, 2.24) is 14.9 Å². The second kappa shape index (κ2) is 11.4. The molecule has 1 amide bonds. The SMILES string of the molecule is Cc1ccc(S(=O)(=O)c2c(Br)cnc3[nH]cc(-c4ccc(OC5CCN(C(=O)OC(C)(C)C)CC5)c(C#N)c4)c23)cc1. The molecule has 4 aromatic rings. The molecule has 218 valence electrons. The number of rotatable bonds is 5. The van der Waals surface area contributed by atoms with Crippen LogP contribution in [0, 0.1) is 18.3 Å². The summed E-state index contributed by atoms with van der Waals surface area (Å²) in [5.41, 5.74) is 2.37. The van der Waals surface area contributed by atoms with E-state index in [1.54, 1.807) is 53.6 Å². The zero-order valence-electron chi connectivity index (χ0n) is 23.8. The number of sulfone groups is 1. The molecule has 1 aliphatic heterocycles. The quantitative estimate of drug-likeness (QED) is 0.252. The minimum Gasteiger partial charge on any atom is -0.489 e. The van der Waals surface area contributed by atoms with Gasteiger partial charge in [0.2, 0.25) is 9.84 Å². The van der Waals surface area contributed by atoms with Gasteiger partial charge >= 0.3 is 6.09 Å². The average Bonchev–Trinajstić information content (AvgIpc) is 3.36. The first-order valence-corrected chi connectivity index (χ1v) is 15.8. The molecular weight excluding hydrogens is 620 g/mol. The van der Waals surface area contributed by atoms with E-state index in [9.17, 15) is 18.5 Å². The van der Waals surface area contributed by atoms with E-state index in [1.807, 2.05) is 27.7 Å². The van der Waals surface area contributed by atoms with Crippen molar-refractivity contribution in [2.45, 2.75) is 62.0 Å². The number of nitrogens with one attached hydrogen (secondary N) is 1. The van der Waals surface area contributed by atoms with Gasteiger partial charge in [-0.2, -0.15) is 5.26 Å².